The lowest BCUT2D eigenvalue weighted by molar-refractivity contribution is -0.141. The molecule has 0 spiro atoms. The molecule has 6 nitrogen and oxygen atoms in total. The van der Waals surface area contributed by atoms with Gasteiger partial charge in [-0.1, -0.05) is 54.6 Å². The van der Waals surface area contributed by atoms with Gasteiger partial charge >= 0.3 is 18.2 Å². The Balaban J connectivity index is 1.41. The average Bonchev–Trinajstić information content (AvgIpc) is 3.11. The highest BCUT2D eigenvalue weighted by molar-refractivity contribution is 5.81. The molecule has 0 saturated carbocycles. The van der Waals surface area contributed by atoms with Crippen molar-refractivity contribution in [3.8, 4) is 11.1 Å². The third-order valence-electron chi connectivity index (χ3n) is 5.49. The van der Waals surface area contributed by atoms with Gasteiger partial charge in [-0.05, 0) is 33.9 Å². The molecular formula is C24H19F3N2O4. The van der Waals surface area contributed by atoms with E-state index in [2.05, 4.69) is 10.3 Å². The monoisotopic (exact) mass is 456 g/mol. The molecule has 3 aromatic rings. The fourth-order valence-corrected chi connectivity index (χ4v) is 3.93. The first-order chi connectivity index (χ1) is 15.7. The molecule has 0 fully saturated rings. The molecule has 1 aliphatic carbocycles. The number of halogens is 3. The van der Waals surface area contributed by atoms with E-state index in [4.69, 9.17) is 4.74 Å². The second kappa shape index (κ2) is 8.93. The molecule has 9 heteroatoms. The maximum absolute atomic E-state index is 12.7. The fraction of sp³-hybridized carbons (Fsp3) is 0.208. The maximum atomic E-state index is 12.7. The molecule has 33 heavy (non-hydrogen) atoms. The molecule has 170 valence electrons. The van der Waals surface area contributed by atoms with Crippen LogP contribution in [0.15, 0.2) is 66.9 Å². The lowest BCUT2D eigenvalue weighted by atomic mass is 9.98. The molecule has 0 unspecified atom stereocenters. The van der Waals surface area contributed by atoms with Crippen LogP contribution >= 0.6 is 0 Å². The number of amides is 1. The zero-order valence-electron chi connectivity index (χ0n) is 17.2. The molecule has 1 aromatic heterocycles. The number of carbonyl (C=O) groups is 2. The summed E-state index contributed by atoms with van der Waals surface area (Å²) in [7, 11) is 0. The van der Waals surface area contributed by atoms with E-state index in [1.165, 1.54) is 0 Å². The first-order valence-electron chi connectivity index (χ1n) is 10.1. The molecule has 0 radical (unpaired) electrons. The zero-order chi connectivity index (χ0) is 23.6. The molecule has 0 bridgehead atoms. The Morgan fingerprint density at radius 2 is 1.61 bits per heavy atom. The van der Waals surface area contributed by atoms with Gasteiger partial charge in [-0.25, -0.2) is 9.59 Å². The van der Waals surface area contributed by atoms with Crippen molar-refractivity contribution in [2.75, 3.05) is 6.61 Å². The summed E-state index contributed by atoms with van der Waals surface area (Å²) in [5, 5.41) is 11.7. The highest BCUT2D eigenvalue weighted by atomic mass is 19.4. The molecule has 2 N–H and O–H groups in total. The molecule has 1 aliphatic rings. The Morgan fingerprint density at radius 3 is 2.12 bits per heavy atom. The van der Waals surface area contributed by atoms with Gasteiger partial charge in [0.15, 0.2) is 0 Å². The third-order valence-corrected chi connectivity index (χ3v) is 5.49. The maximum Gasteiger partial charge on any atom is 0.433 e. The van der Waals surface area contributed by atoms with Crippen LogP contribution < -0.4 is 5.32 Å². The number of carbonyl (C=O) groups excluding carboxylic acids is 1. The number of carboxylic acid groups (broad SMARTS) is 1. The quantitative estimate of drug-likeness (QED) is 0.565. The second-order valence-corrected chi connectivity index (χ2v) is 7.61. The number of benzene rings is 2. The highest BCUT2D eigenvalue weighted by Crippen LogP contribution is 2.44. The molecule has 1 heterocycles. The minimum Gasteiger partial charge on any atom is -0.480 e. The van der Waals surface area contributed by atoms with Crippen LogP contribution in [-0.4, -0.2) is 34.8 Å². The first kappa shape index (κ1) is 22.3. The van der Waals surface area contributed by atoms with Crippen molar-refractivity contribution in [3.05, 3.63) is 89.2 Å². The van der Waals surface area contributed by atoms with Gasteiger partial charge in [0.05, 0.1) is 0 Å². The smallest absolute Gasteiger partial charge is 0.433 e. The van der Waals surface area contributed by atoms with Crippen LogP contribution in [0.25, 0.3) is 11.1 Å². The van der Waals surface area contributed by atoms with Crippen molar-refractivity contribution in [3.63, 3.8) is 0 Å². The average molecular weight is 456 g/mol. The predicted molar refractivity (Wildman–Crippen MR) is 113 cm³/mol. The lowest BCUT2D eigenvalue weighted by Gasteiger charge is -2.17. The number of hydrogen-bond acceptors (Lipinski definition) is 4. The number of rotatable bonds is 6. The van der Waals surface area contributed by atoms with Gasteiger partial charge in [0.2, 0.25) is 0 Å². The van der Waals surface area contributed by atoms with Gasteiger partial charge in [-0.2, -0.15) is 13.2 Å². The third kappa shape index (κ3) is 4.82. The van der Waals surface area contributed by atoms with Gasteiger partial charge in [-0.15, -0.1) is 0 Å². The first-order valence-corrected chi connectivity index (χ1v) is 10.1. The van der Waals surface area contributed by atoms with Crippen LogP contribution in [0.1, 0.15) is 28.3 Å². The van der Waals surface area contributed by atoms with Crippen LogP contribution in [-0.2, 0) is 22.1 Å². The van der Waals surface area contributed by atoms with E-state index in [1.807, 2.05) is 48.5 Å². The van der Waals surface area contributed by atoms with Crippen LogP contribution in [0.2, 0.25) is 0 Å². The zero-order valence-corrected chi connectivity index (χ0v) is 17.2. The topological polar surface area (TPSA) is 88.5 Å². The van der Waals surface area contributed by atoms with Crippen LogP contribution in [0, 0.1) is 0 Å². The number of fused-ring (bicyclic) bond motifs is 3. The Bertz CT molecular complexity index is 1130. The number of hydrogen-bond donors (Lipinski definition) is 2. The summed E-state index contributed by atoms with van der Waals surface area (Å²) in [6, 6.07) is 16.1. The molecule has 2 aromatic carbocycles. The van der Waals surface area contributed by atoms with Crippen molar-refractivity contribution >= 4 is 12.1 Å². The normalized spacial score (nSPS) is 13.7. The number of aromatic nitrogens is 1. The van der Waals surface area contributed by atoms with E-state index in [-0.39, 0.29) is 24.5 Å². The number of nitrogens with one attached hydrogen (secondary N) is 1. The fourth-order valence-electron chi connectivity index (χ4n) is 3.93. The van der Waals surface area contributed by atoms with Crippen LogP contribution in [0.5, 0.6) is 0 Å². The summed E-state index contributed by atoms with van der Waals surface area (Å²) < 4.78 is 43.3. The molecule has 1 atom stereocenters. The van der Waals surface area contributed by atoms with E-state index in [0.717, 1.165) is 40.6 Å². The Kier molecular flexibility index (Phi) is 6.04. The van der Waals surface area contributed by atoms with E-state index in [1.54, 1.807) is 0 Å². The Morgan fingerprint density at radius 1 is 1.00 bits per heavy atom. The van der Waals surface area contributed by atoms with Crippen molar-refractivity contribution in [1.82, 2.24) is 10.3 Å². The van der Waals surface area contributed by atoms with E-state index in [0.29, 0.717) is 0 Å². The van der Waals surface area contributed by atoms with Crippen molar-refractivity contribution in [2.45, 2.75) is 24.6 Å². The summed E-state index contributed by atoms with van der Waals surface area (Å²) >= 11 is 0. The number of aliphatic carboxylic acids is 1. The minimum atomic E-state index is -4.59. The number of ether oxygens (including phenoxy) is 1. The number of pyridine rings is 1. The van der Waals surface area contributed by atoms with Crippen molar-refractivity contribution in [2.24, 2.45) is 0 Å². The molecule has 4 rings (SSSR count). The second-order valence-electron chi connectivity index (χ2n) is 7.61. The van der Waals surface area contributed by atoms with Crippen LogP contribution in [0.4, 0.5) is 18.0 Å². The van der Waals surface area contributed by atoms with E-state index < -0.39 is 30.0 Å². The number of alkyl halides is 3. The highest BCUT2D eigenvalue weighted by Gasteiger charge is 2.33. The summed E-state index contributed by atoms with van der Waals surface area (Å²) in [5.74, 6) is -1.53. The standard InChI is InChI=1S/C24H19F3N2O4/c25-24(26,27)21-10-9-14(12-28-21)11-20(22(30)31)29-23(32)33-13-19-17-7-3-1-5-15(17)16-6-2-4-8-18(16)19/h1-10,12,19-20H,11,13H2,(H,29,32)(H,30,31)/t20-/m0/s1. The SMILES string of the molecule is O=C(N[C@@H](Cc1ccc(C(F)(F)F)nc1)C(=O)O)OCC1c2ccccc2-c2ccccc21. The number of nitrogens with zero attached hydrogens (tertiary/aromatic N) is 1. The largest absolute Gasteiger partial charge is 0.480 e. The minimum absolute atomic E-state index is 0.00797. The van der Waals surface area contributed by atoms with Crippen molar-refractivity contribution < 1.29 is 32.6 Å². The van der Waals surface area contributed by atoms with Gasteiger partial charge in [0, 0.05) is 18.5 Å². The van der Waals surface area contributed by atoms with Gasteiger partial charge in [0.1, 0.15) is 18.3 Å². The molecular weight excluding hydrogens is 437 g/mol. The molecule has 0 saturated heterocycles. The number of alkyl carbamates (subject to hydrolysis) is 1. The number of carboxylic acids is 1. The van der Waals surface area contributed by atoms with Gasteiger partial charge < -0.3 is 15.2 Å². The van der Waals surface area contributed by atoms with Gasteiger partial charge in [0.25, 0.3) is 0 Å². The summed E-state index contributed by atoms with van der Waals surface area (Å²) in [6.07, 6.45) is -4.82. The molecule has 0 aliphatic heterocycles. The lowest BCUT2D eigenvalue weighted by Crippen LogP contribution is -2.43. The predicted octanol–water partition coefficient (Wildman–Crippen LogP) is 4.63. The molecule has 1 amide bonds. The summed E-state index contributed by atoms with van der Waals surface area (Å²) in [4.78, 5) is 27.2. The summed E-state index contributed by atoms with van der Waals surface area (Å²) in [6.45, 7) is 0.00797. The Hall–Kier alpha value is -3.88. The van der Waals surface area contributed by atoms with E-state index in [9.17, 15) is 27.9 Å². The van der Waals surface area contributed by atoms with Gasteiger partial charge in [-0.3, -0.25) is 4.98 Å². The summed E-state index contributed by atoms with van der Waals surface area (Å²) in [5.41, 5.74) is 3.28. The Labute approximate surface area is 187 Å². The van der Waals surface area contributed by atoms with Crippen molar-refractivity contribution in [1.29, 1.82) is 0 Å². The van der Waals surface area contributed by atoms with Crippen LogP contribution in [0.3, 0.4) is 0 Å². The van der Waals surface area contributed by atoms with E-state index >= 15 is 0 Å².